The number of nitrogens with one attached hydrogen (secondary N) is 1. The summed E-state index contributed by atoms with van der Waals surface area (Å²) in [5, 5.41) is 12.2. The Kier molecular flexibility index (Phi) is 5.51. The number of rotatable bonds is 5. The summed E-state index contributed by atoms with van der Waals surface area (Å²) < 4.78 is 18.6. The van der Waals surface area contributed by atoms with E-state index in [1.807, 2.05) is 13.0 Å². The van der Waals surface area contributed by atoms with Crippen molar-refractivity contribution in [1.29, 1.82) is 5.26 Å². The maximum atomic E-state index is 13.4. The molecule has 1 N–H and O–H groups in total. The molecule has 1 aliphatic heterocycles. The molecule has 5 heteroatoms. The molecule has 0 spiro atoms. The van der Waals surface area contributed by atoms with E-state index in [0.717, 1.165) is 31.5 Å². The highest BCUT2D eigenvalue weighted by molar-refractivity contribution is 5.77. The summed E-state index contributed by atoms with van der Waals surface area (Å²) >= 11 is 0. The first-order chi connectivity index (χ1) is 10.6. The van der Waals surface area contributed by atoms with E-state index in [9.17, 15) is 9.18 Å². The van der Waals surface area contributed by atoms with Crippen molar-refractivity contribution in [3.05, 3.63) is 35.1 Å². The highest BCUT2D eigenvalue weighted by Gasteiger charge is 2.40. The van der Waals surface area contributed by atoms with Gasteiger partial charge in [0.15, 0.2) is 0 Å². The van der Waals surface area contributed by atoms with Crippen molar-refractivity contribution in [1.82, 2.24) is 5.32 Å². The number of hydrogen-bond donors (Lipinski definition) is 1. The number of piperidine rings is 1. The van der Waals surface area contributed by atoms with Crippen LogP contribution in [0.4, 0.5) is 4.39 Å². The summed E-state index contributed by atoms with van der Waals surface area (Å²) in [5.41, 5.74) is 0.454. The normalized spacial score (nSPS) is 16.8. The van der Waals surface area contributed by atoms with Crippen molar-refractivity contribution < 1.29 is 13.9 Å². The number of halogens is 1. The number of carbonyl (C=O) groups is 1. The van der Waals surface area contributed by atoms with E-state index in [2.05, 4.69) is 5.32 Å². The van der Waals surface area contributed by atoms with E-state index in [4.69, 9.17) is 10.00 Å². The van der Waals surface area contributed by atoms with Gasteiger partial charge in [-0.05, 0) is 63.4 Å². The van der Waals surface area contributed by atoms with Gasteiger partial charge < -0.3 is 10.1 Å². The SMILES string of the molecule is CCOC(=O)C1(CCc2ccc(F)c(C#N)c2)CCNCC1. The molecular formula is C17H21FN2O2. The van der Waals surface area contributed by atoms with Crippen LogP contribution in [0.3, 0.4) is 0 Å². The fraction of sp³-hybridized carbons (Fsp3) is 0.529. The first-order valence-electron chi connectivity index (χ1n) is 7.68. The van der Waals surface area contributed by atoms with Crippen molar-refractivity contribution in [3.63, 3.8) is 0 Å². The van der Waals surface area contributed by atoms with Gasteiger partial charge in [0, 0.05) is 0 Å². The number of ether oxygens (including phenoxy) is 1. The topological polar surface area (TPSA) is 62.1 Å². The lowest BCUT2D eigenvalue weighted by Gasteiger charge is -2.35. The predicted molar refractivity (Wildman–Crippen MR) is 80.6 cm³/mol. The smallest absolute Gasteiger partial charge is 0.312 e. The Morgan fingerprint density at radius 2 is 2.18 bits per heavy atom. The quantitative estimate of drug-likeness (QED) is 0.849. The van der Waals surface area contributed by atoms with Gasteiger partial charge in [0.1, 0.15) is 11.9 Å². The van der Waals surface area contributed by atoms with Crippen LogP contribution in [0.2, 0.25) is 0 Å². The van der Waals surface area contributed by atoms with Crippen LogP contribution in [-0.2, 0) is 16.0 Å². The van der Waals surface area contributed by atoms with E-state index in [1.165, 1.54) is 6.07 Å². The molecule has 4 nitrogen and oxygen atoms in total. The van der Waals surface area contributed by atoms with E-state index in [-0.39, 0.29) is 11.5 Å². The molecule has 0 atom stereocenters. The zero-order valence-electron chi connectivity index (χ0n) is 12.8. The van der Waals surface area contributed by atoms with Crippen LogP contribution in [0.5, 0.6) is 0 Å². The summed E-state index contributed by atoms with van der Waals surface area (Å²) in [6.07, 6.45) is 2.79. The molecule has 0 aromatic heterocycles. The molecule has 0 saturated carbocycles. The maximum Gasteiger partial charge on any atom is 0.312 e. The van der Waals surface area contributed by atoms with Crippen LogP contribution in [0.25, 0.3) is 0 Å². The summed E-state index contributed by atoms with van der Waals surface area (Å²) in [5.74, 6) is -0.646. The minimum Gasteiger partial charge on any atom is -0.466 e. The highest BCUT2D eigenvalue weighted by atomic mass is 19.1. The number of carbonyl (C=O) groups excluding carboxylic acids is 1. The number of hydrogen-bond acceptors (Lipinski definition) is 4. The fourth-order valence-corrected chi connectivity index (χ4v) is 2.94. The molecule has 1 heterocycles. The molecule has 1 aliphatic rings. The van der Waals surface area contributed by atoms with Gasteiger partial charge in [-0.3, -0.25) is 4.79 Å². The van der Waals surface area contributed by atoms with Crippen LogP contribution in [0, 0.1) is 22.6 Å². The molecule has 118 valence electrons. The monoisotopic (exact) mass is 304 g/mol. The molecule has 1 aromatic rings. The summed E-state index contributed by atoms with van der Waals surface area (Å²) in [4.78, 5) is 12.4. The van der Waals surface area contributed by atoms with Crippen LogP contribution >= 0.6 is 0 Å². The maximum absolute atomic E-state index is 13.4. The van der Waals surface area contributed by atoms with Gasteiger partial charge in [0.2, 0.25) is 0 Å². The van der Waals surface area contributed by atoms with Crippen LogP contribution in [-0.4, -0.2) is 25.7 Å². The third-order valence-electron chi connectivity index (χ3n) is 4.31. The van der Waals surface area contributed by atoms with E-state index < -0.39 is 11.2 Å². The molecule has 1 aromatic carbocycles. The summed E-state index contributed by atoms with van der Waals surface area (Å²) in [7, 11) is 0. The average molecular weight is 304 g/mol. The second-order valence-corrected chi connectivity index (χ2v) is 5.68. The first kappa shape index (κ1) is 16.4. The van der Waals surface area contributed by atoms with Crippen LogP contribution in [0.1, 0.15) is 37.3 Å². The number of benzene rings is 1. The average Bonchev–Trinajstić information content (AvgIpc) is 2.55. The van der Waals surface area contributed by atoms with E-state index in [0.29, 0.717) is 19.4 Å². The third-order valence-corrected chi connectivity index (χ3v) is 4.31. The Hall–Kier alpha value is -1.93. The lowest BCUT2D eigenvalue weighted by atomic mass is 9.74. The van der Waals surface area contributed by atoms with Gasteiger partial charge in [0.05, 0.1) is 17.6 Å². The molecule has 22 heavy (non-hydrogen) atoms. The molecular weight excluding hydrogens is 283 g/mol. The molecule has 1 saturated heterocycles. The zero-order chi connectivity index (χ0) is 16.0. The lowest BCUT2D eigenvalue weighted by Crippen LogP contribution is -2.43. The van der Waals surface area contributed by atoms with Crippen LogP contribution < -0.4 is 5.32 Å². The Balaban J connectivity index is 2.11. The zero-order valence-corrected chi connectivity index (χ0v) is 12.8. The number of aryl methyl sites for hydroxylation is 1. The molecule has 0 unspecified atom stereocenters. The van der Waals surface area contributed by atoms with Gasteiger partial charge in [0.25, 0.3) is 0 Å². The summed E-state index contributed by atoms with van der Waals surface area (Å²) in [6, 6.07) is 6.40. The Morgan fingerprint density at radius 3 is 2.82 bits per heavy atom. The number of nitrogens with zero attached hydrogens (tertiary/aromatic N) is 1. The predicted octanol–water partition coefficient (Wildman–Crippen LogP) is 2.56. The molecule has 2 rings (SSSR count). The van der Waals surface area contributed by atoms with Crippen molar-refractivity contribution >= 4 is 5.97 Å². The van der Waals surface area contributed by atoms with Crippen molar-refractivity contribution in [3.8, 4) is 6.07 Å². The highest BCUT2D eigenvalue weighted by Crippen LogP contribution is 2.35. The molecule has 1 fully saturated rings. The van der Waals surface area contributed by atoms with Gasteiger partial charge in [-0.15, -0.1) is 0 Å². The molecule has 0 aliphatic carbocycles. The van der Waals surface area contributed by atoms with Gasteiger partial charge >= 0.3 is 5.97 Å². The van der Waals surface area contributed by atoms with Gasteiger partial charge in [-0.1, -0.05) is 6.07 Å². The molecule has 0 bridgehead atoms. The lowest BCUT2D eigenvalue weighted by molar-refractivity contribution is -0.157. The standard InChI is InChI=1S/C17H21FN2O2/c1-2-22-16(21)17(7-9-20-10-8-17)6-5-13-3-4-15(18)14(11-13)12-19/h3-4,11,20H,2,5-10H2,1H3. The fourth-order valence-electron chi connectivity index (χ4n) is 2.94. The largest absolute Gasteiger partial charge is 0.466 e. The number of nitriles is 1. The Morgan fingerprint density at radius 1 is 1.45 bits per heavy atom. The van der Waals surface area contributed by atoms with Crippen molar-refractivity contribution in [2.75, 3.05) is 19.7 Å². The molecule has 0 amide bonds. The third kappa shape index (κ3) is 3.63. The minimum atomic E-state index is -0.506. The summed E-state index contributed by atoms with van der Waals surface area (Å²) in [6.45, 7) is 3.78. The molecule has 0 radical (unpaired) electrons. The van der Waals surface area contributed by atoms with Crippen molar-refractivity contribution in [2.24, 2.45) is 5.41 Å². The van der Waals surface area contributed by atoms with Gasteiger partial charge in [-0.25, -0.2) is 4.39 Å². The van der Waals surface area contributed by atoms with Crippen molar-refractivity contribution in [2.45, 2.75) is 32.6 Å². The second-order valence-electron chi connectivity index (χ2n) is 5.68. The second kappa shape index (κ2) is 7.37. The first-order valence-corrected chi connectivity index (χ1v) is 7.68. The van der Waals surface area contributed by atoms with Gasteiger partial charge in [-0.2, -0.15) is 5.26 Å². The van der Waals surface area contributed by atoms with E-state index in [1.54, 1.807) is 12.1 Å². The minimum absolute atomic E-state index is 0.0491. The van der Waals surface area contributed by atoms with E-state index >= 15 is 0 Å². The van der Waals surface area contributed by atoms with Crippen LogP contribution in [0.15, 0.2) is 18.2 Å². The Bertz CT molecular complexity index is 575. The number of esters is 1. The Labute approximate surface area is 130 Å².